The zero-order valence-electron chi connectivity index (χ0n) is 7.33. The molecule has 0 spiro atoms. The number of nitrogens with two attached hydrogens (primary N) is 1. The molecule has 2 N–H and O–H groups in total. The quantitative estimate of drug-likeness (QED) is 0.354. The molecule has 1 nitrogen and oxygen atoms in total. The highest BCUT2D eigenvalue weighted by Crippen LogP contribution is 2.26. The van der Waals surface area contributed by atoms with Crippen molar-refractivity contribution in [3.63, 3.8) is 0 Å². The van der Waals surface area contributed by atoms with Gasteiger partial charge in [-0.2, -0.15) is 0 Å². The molecule has 0 aliphatic rings. The minimum atomic E-state index is -2.20. The maximum absolute atomic E-state index is 13.0. The molecule has 0 heterocycles. The second-order valence-corrected chi connectivity index (χ2v) is 2.75. The van der Waals surface area contributed by atoms with Gasteiger partial charge >= 0.3 is 0 Å². The molecule has 82 valence electrons. The van der Waals surface area contributed by atoms with E-state index in [2.05, 4.69) is 6.58 Å². The number of hydrogen-bond donors (Lipinski definition) is 1. The SMILES string of the molecule is C=C[C@@H](N)c1c(F)c(F)c(F)c(F)c1F. The van der Waals surface area contributed by atoms with E-state index in [0.29, 0.717) is 0 Å². The standard InChI is InChI=1S/C9H6F5N/c1-2-3(15)4-5(10)7(12)9(14)8(13)6(4)11/h2-3H,1,15H2/t3-/m1/s1. The number of benzene rings is 1. The number of halogens is 5. The molecule has 0 saturated carbocycles. The van der Waals surface area contributed by atoms with E-state index in [4.69, 9.17) is 5.73 Å². The molecular formula is C9H6F5N. The van der Waals surface area contributed by atoms with Crippen LogP contribution in [0.2, 0.25) is 0 Å². The molecule has 0 saturated heterocycles. The lowest BCUT2D eigenvalue weighted by molar-refractivity contribution is 0.367. The zero-order chi connectivity index (χ0) is 11.7. The van der Waals surface area contributed by atoms with Crippen LogP contribution in [-0.4, -0.2) is 0 Å². The second kappa shape index (κ2) is 3.98. The minimum absolute atomic E-state index is 0.873. The van der Waals surface area contributed by atoms with Crippen molar-refractivity contribution < 1.29 is 22.0 Å². The van der Waals surface area contributed by atoms with Crippen LogP contribution in [0.15, 0.2) is 12.7 Å². The molecule has 0 aliphatic carbocycles. The van der Waals surface area contributed by atoms with Gasteiger partial charge in [0, 0.05) is 0 Å². The van der Waals surface area contributed by atoms with E-state index < -0.39 is 40.7 Å². The lowest BCUT2D eigenvalue weighted by atomic mass is 10.1. The fraction of sp³-hybridized carbons (Fsp3) is 0.111. The molecule has 1 rings (SSSR count). The summed E-state index contributed by atoms with van der Waals surface area (Å²) in [5, 5.41) is 0. The van der Waals surface area contributed by atoms with Gasteiger partial charge in [-0.3, -0.25) is 0 Å². The lowest BCUT2D eigenvalue weighted by Gasteiger charge is -2.11. The van der Waals surface area contributed by atoms with Gasteiger partial charge in [0.25, 0.3) is 0 Å². The Morgan fingerprint density at radius 2 is 1.20 bits per heavy atom. The largest absolute Gasteiger partial charge is 0.321 e. The summed E-state index contributed by atoms with van der Waals surface area (Å²) in [7, 11) is 0. The van der Waals surface area contributed by atoms with Crippen LogP contribution in [0.25, 0.3) is 0 Å². The average molecular weight is 223 g/mol. The van der Waals surface area contributed by atoms with E-state index in [1.54, 1.807) is 0 Å². The topological polar surface area (TPSA) is 26.0 Å². The first kappa shape index (κ1) is 11.6. The van der Waals surface area contributed by atoms with Crippen LogP contribution in [0, 0.1) is 29.1 Å². The maximum Gasteiger partial charge on any atom is 0.200 e. The molecule has 0 aliphatic heterocycles. The molecular weight excluding hydrogens is 217 g/mol. The summed E-state index contributed by atoms with van der Waals surface area (Å²) in [5.41, 5.74) is 4.05. The molecule has 0 fully saturated rings. The van der Waals surface area contributed by atoms with Crippen molar-refractivity contribution in [2.45, 2.75) is 6.04 Å². The normalized spacial score (nSPS) is 12.7. The molecule has 0 aromatic heterocycles. The number of rotatable bonds is 2. The van der Waals surface area contributed by atoms with Gasteiger partial charge in [-0.05, 0) is 0 Å². The Labute approximate surface area is 82.0 Å². The Morgan fingerprint density at radius 3 is 1.53 bits per heavy atom. The Bertz CT molecular complexity index is 386. The van der Waals surface area contributed by atoms with Gasteiger partial charge in [0.15, 0.2) is 23.3 Å². The van der Waals surface area contributed by atoms with Crippen molar-refractivity contribution in [1.82, 2.24) is 0 Å². The second-order valence-electron chi connectivity index (χ2n) is 2.75. The van der Waals surface area contributed by atoms with Crippen molar-refractivity contribution >= 4 is 0 Å². The highest BCUT2D eigenvalue weighted by molar-refractivity contribution is 5.28. The van der Waals surface area contributed by atoms with E-state index in [0.717, 1.165) is 6.08 Å². The van der Waals surface area contributed by atoms with Gasteiger partial charge in [-0.15, -0.1) is 6.58 Å². The highest BCUT2D eigenvalue weighted by Gasteiger charge is 2.27. The van der Waals surface area contributed by atoms with Crippen molar-refractivity contribution in [2.24, 2.45) is 5.73 Å². The smallest absolute Gasteiger partial charge is 0.200 e. The monoisotopic (exact) mass is 223 g/mol. The van der Waals surface area contributed by atoms with Gasteiger partial charge in [-0.1, -0.05) is 6.08 Å². The van der Waals surface area contributed by atoms with E-state index in [1.165, 1.54) is 0 Å². The summed E-state index contributed by atoms with van der Waals surface area (Å²) < 4.78 is 63.9. The molecule has 6 heteroatoms. The van der Waals surface area contributed by atoms with Gasteiger partial charge in [0.05, 0.1) is 11.6 Å². The Kier molecular flexibility index (Phi) is 3.09. The molecule has 1 aromatic carbocycles. The first-order valence-electron chi connectivity index (χ1n) is 3.81. The maximum atomic E-state index is 13.0. The van der Waals surface area contributed by atoms with E-state index in [9.17, 15) is 22.0 Å². The minimum Gasteiger partial charge on any atom is -0.321 e. The zero-order valence-corrected chi connectivity index (χ0v) is 7.33. The molecule has 1 aromatic rings. The first-order valence-corrected chi connectivity index (χ1v) is 3.81. The van der Waals surface area contributed by atoms with E-state index >= 15 is 0 Å². The predicted octanol–water partition coefficient (Wildman–Crippen LogP) is 2.57. The lowest BCUT2D eigenvalue weighted by Crippen LogP contribution is -2.15. The van der Waals surface area contributed by atoms with Gasteiger partial charge in [-0.25, -0.2) is 22.0 Å². The highest BCUT2D eigenvalue weighted by atomic mass is 19.2. The third-order valence-corrected chi connectivity index (χ3v) is 1.83. The van der Waals surface area contributed by atoms with Crippen molar-refractivity contribution in [3.05, 3.63) is 47.3 Å². The third-order valence-electron chi connectivity index (χ3n) is 1.83. The summed E-state index contributed by atoms with van der Waals surface area (Å²) >= 11 is 0. The van der Waals surface area contributed by atoms with Crippen LogP contribution >= 0.6 is 0 Å². The Hall–Kier alpha value is -1.43. The summed E-state index contributed by atoms with van der Waals surface area (Å²) in [6.45, 7) is 3.10. The van der Waals surface area contributed by atoms with Crippen molar-refractivity contribution in [3.8, 4) is 0 Å². The molecule has 1 atom stereocenters. The third kappa shape index (κ3) is 1.72. The Balaban J connectivity index is 3.59. The molecule has 0 radical (unpaired) electrons. The Morgan fingerprint density at radius 1 is 0.867 bits per heavy atom. The van der Waals surface area contributed by atoms with Crippen LogP contribution in [0.4, 0.5) is 22.0 Å². The van der Waals surface area contributed by atoms with Crippen molar-refractivity contribution in [2.75, 3.05) is 0 Å². The molecule has 0 amide bonds. The van der Waals surface area contributed by atoms with Gasteiger partial charge in [0.2, 0.25) is 5.82 Å². The fourth-order valence-electron chi connectivity index (χ4n) is 1.03. The predicted molar refractivity (Wildman–Crippen MR) is 43.4 cm³/mol. The summed E-state index contributed by atoms with van der Waals surface area (Å²) in [6, 6.07) is -1.45. The van der Waals surface area contributed by atoms with Crippen molar-refractivity contribution in [1.29, 1.82) is 0 Å². The van der Waals surface area contributed by atoms with Crippen LogP contribution in [0.3, 0.4) is 0 Å². The summed E-state index contributed by atoms with van der Waals surface area (Å²) in [4.78, 5) is 0. The fourth-order valence-corrected chi connectivity index (χ4v) is 1.03. The van der Waals surface area contributed by atoms with Crippen LogP contribution in [-0.2, 0) is 0 Å². The van der Waals surface area contributed by atoms with E-state index in [1.807, 2.05) is 0 Å². The average Bonchev–Trinajstić information content (AvgIpc) is 2.23. The van der Waals surface area contributed by atoms with Gasteiger partial charge < -0.3 is 5.73 Å². The van der Waals surface area contributed by atoms with Gasteiger partial charge in [0.1, 0.15) is 0 Å². The number of hydrogen-bond acceptors (Lipinski definition) is 1. The van der Waals surface area contributed by atoms with E-state index in [-0.39, 0.29) is 0 Å². The summed E-state index contributed by atoms with van der Waals surface area (Å²) in [6.07, 6.45) is 0.873. The van der Waals surface area contributed by atoms with Crippen LogP contribution in [0.1, 0.15) is 11.6 Å². The summed E-state index contributed by atoms with van der Waals surface area (Å²) in [5.74, 6) is -10.1. The van der Waals surface area contributed by atoms with Crippen LogP contribution in [0.5, 0.6) is 0 Å². The molecule has 0 unspecified atom stereocenters. The molecule has 15 heavy (non-hydrogen) atoms. The molecule has 0 bridgehead atoms. The first-order chi connectivity index (χ1) is 6.91. The van der Waals surface area contributed by atoms with Crippen LogP contribution < -0.4 is 5.73 Å².